The Bertz CT molecular complexity index is 498. The molecule has 0 amide bonds. The smallest absolute Gasteiger partial charge is 0.299 e. The van der Waals surface area contributed by atoms with Crippen LogP contribution >= 0.6 is 22.9 Å². The van der Waals surface area contributed by atoms with Gasteiger partial charge < -0.3 is 4.74 Å². The van der Waals surface area contributed by atoms with Gasteiger partial charge in [-0.25, -0.2) is 0 Å². The molecule has 2 aromatic rings. The monoisotopic (exact) mass is 254 g/mol. The van der Waals surface area contributed by atoms with E-state index in [9.17, 15) is 0 Å². The first kappa shape index (κ1) is 11.4. The third-order valence-corrected chi connectivity index (χ3v) is 3.46. The molecule has 0 spiro atoms. The lowest BCUT2D eigenvalue weighted by molar-refractivity contribution is 0.472. The maximum atomic E-state index is 5.64. The Morgan fingerprint density at radius 3 is 2.69 bits per heavy atom. The molecule has 0 radical (unpaired) electrons. The molecular weight excluding hydrogens is 244 g/mol. The summed E-state index contributed by atoms with van der Waals surface area (Å²) in [5, 5.41) is 9.07. The van der Waals surface area contributed by atoms with Crippen LogP contribution in [0.5, 0.6) is 10.9 Å². The van der Waals surface area contributed by atoms with Crippen molar-refractivity contribution in [1.29, 1.82) is 0 Å². The molecule has 84 valence electrons. The Hall–Kier alpha value is -1.13. The largest absolute Gasteiger partial charge is 0.430 e. The van der Waals surface area contributed by atoms with E-state index in [0.717, 1.165) is 10.8 Å². The second-order valence-electron chi connectivity index (χ2n) is 3.44. The average molecular weight is 255 g/mol. The van der Waals surface area contributed by atoms with Gasteiger partial charge in [0.05, 0.1) is 5.88 Å². The fourth-order valence-corrected chi connectivity index (χ4v) is 1.99. The number of halogens is 1. The van der Waals surface area contributed by atoms with Gasteiger partial charge in [-0.3, -0.25) is 0 Å². The maximum absolute atomic E-state index is 5.64. The molecule has 0 saturated carbocycles. The van der Waals surface area contributed by atoms with Crippen molar-refractivity contribution in [2.75, 3.05) is 0 Å². The molecule has 0 N–H and O–H groups in total. The molecule has 0 saturated heterocycles. The molecule has 0 unspecified atom stereocenters. The van der Waals surface area contributed by atoms with Crippen molar-refractivity contribution in [2.24, 2.45) is 0 Å². The molecule has 0 aliphatic carbocycles. The van der Waals surface area contributed by atoms with Crippen molar-refractivity contribution in [3.63, 3.8) is 0 Å². The average Bonchev–Trinajstić information content (AvgIpc) is 2.71. The van der Waals surface area contributed by atoms with E-state index in [4.69, 9.17) is 16.3 Å². The highest BCUT2D eigenvalue weighted by Gasteiger charge is 2.05. The van der Waals surface area contributed by atoms with E-state index in [2.05, 4.69) is 17.1 Å². The Morgan fingerprint density at radius 1 is 1.25 bits per heavy atom. The van der Waals surface area contributed by atoms with Gasteiger partial charge in [-0.15, -0.1) is 16.7 Å². The van der Waals surface area contributed by atoms with E-state index in [1.165, 1.54) is 22.5 Å². The molecule has 1 aromatic carbocycles. The van der Waals surface area contributed by atoms with Crippen LogP contribution in [-0.2, 0) is 5.88 Å². The standard InChI is InChI=1S/C11H11ClN2OS/c1-7-3-4-9(5-8(7)2)15-11-14-13-10(6-12)16-11/h3-5H,6H2,1-2H3. The van der Waals surface area contributed by atoms with Gasteiger partial charge in [0.25, 0.3) is 5.19 Å². The second-order valence-corrected chi connectivity index (χ2v) is 4.74. The molecule has 0 bridgehead atoms. The molecule has 2 rings (SSSR count). The Labute approximate surface area is 103 Å². The summed E-state index contributed by atoms with van der Waals surface area (Å²) in [6.07, 6.45) is 0. The number of alkyl halides is 1. The first-order valence-electron chi connectivity index (χ1n) is 4.82. The van der Waals surface area contributed by atoms with Crippen LogP contribution in [0, 0.1) is 13.8 Å². The summed E-state index contributed by atoms with van der Waals surface area (Å²) in [6, 6.07) is 5.93. The summed E-state index contributed by atoms with van der Waals surface area (Å²) >= 11 is 7.00. The number of nitrogens with zero attached hydrogens (tertiary/aromatic N) is 2. The zero-order valence-corrected chi connectivity index (χ0v) is 10.6. The number of hydrogen-bond donors (Lipinski definition) is 0. The predicted octanol–water partition coefficient (Wildman–Crippen LogP) is 3.69. The van der Waals surface area contributed by atoms with Gasteiger partial charge in [0, 0.05) is 0 Å². The van der Waals surface area contributed by atoms with Crippen LogP contribution in [0.15, 0.2) is 18.2 Å². The van der Waals surface area contributed by atoms with Crippen LogP contribution in [0.4, 0.5) is 0 Å². The minimum atomic E-state index is 0.369. The Morgan fingerprint density at radius 2 is 2.06 bits per heavy atom. The van der Waals surface area contributed by atoms with Gasteiger partial charge in [0.1, 0.15) is 10.8 Å². The lowest BCUT2D eigenvalue weighted by Gasteiger charge is -2.04. The zero-order chi connectivity index (χ0) is 11.5. The molecule has 1 aromatic heterocycles. The van der Waals surface area contributed by atoms with Crippen LogP contribution in [0.2, 0.25) is 0 Å². The lowest BCUT2D eigenvalue weighted by atomic mass is 10.1. The highest BCUT2D eigenvalue weighted by atomic mass is 35.5. The number of aromatic nitrogens is 2. The van der Waals surface area contributed by atoms with Crippen molar-refractivity contribution >= 4 is 22.9 Å². The van der Waals surface area contributed by atoms with Crippen LogP contribution in [-0.4, -0.2) is 10.2 Å². The van der Waals surface area contributed by atoms with E-state index in [1.807, 2.05) is 25.1 Å². The van der Waals surface area contributed by atoms with Gasteiger partial charge in [0.15, 0.2) is 0 Å². The van der Waals surface area contributed by atoms with Crippen LogP contribution in [0.3, 0.4) is 0 Å². The number of rotatable bonds is 3. The first-order valence-corrected chi connectivity index (χ1v) is 6.17. The highest BCUT2D eigenvalue weighted by Crippen LogP contribution is 2.26. The molecular formula is C11H11ClN2OS. The molecule has 0 aliphatic rings. The van der Waals surface area contributed by atoms with Crippen LogP contribution in [0.1, 0.15) is 16.1 Å². The number of benzene rings is 1. The Balaban J connectivity index is 2.17. The second kappa shape index (κ2) is 4.80. The summed E-state index contributed by atoms with van der Waals surface area (Å²) in [5.74, 6) is 1.15. The number of ether oxygens (including phenoxy) is 1. The summed E-state index contributed by atoms with van der Waals surface area (Å²) in [5.41, 5.74) is 2.44. The Kier molecular flexibility index (Phi) is 3.41. The van der Waals surface area contributed by atoms with Crippen molar-refractivity contribution in [2.45, 2.75) is 19.7 Å². The van der Waals surface area contributed by atoms with E-state index in [0.29, 0.717) is 11.1 Å². The van der Waals surface area contributed by atoms with Crippen LogP contribution in [0.25, 0.3) is 0 Å². The number of hydrogen-bond acceptors (Lipinski definition) is 4. The van der Waals surface area contributed by atoms with Crippen molar-refractivity contribution < 1.29 is 4.74 Å². The van der Waals surface area contributed by atoms with Gasteiger partial charge in [-0.05, 0) is 37.1 Å². The number of aryl methyl sites for hydroxylation is 2. The normalized spacial score (nSPS) is 10.4. The predicted molar refractivity (Wildman–Crippen MR) is 65.5 cm³/mol. The molecule has 3 nitrogen and oxygen atoms in total. The maximum Gasteiger partial charge on any atom is 0.299 e. The minimum absolute atomic E-state index is 0.369. The molecule has 0 fully saturated rings. The summed E-state index contributed by atoms with van der Waals surface area (Å²) in [4.78, 5) is 0. The molecule has 1 heterocycles. The third kappa shape index (κ3) is 2.51. The summed E-state index contributed by atoms with van der Waals surface area (Å²) in [6.45, 7) is 4.11. The summed E-state index contributed by atoms with van der Waals surface area (Å²) < 4.78 is 5.58. The molecule has 5 heteroatoms. The van der Waals surface area contributed by atoms with Gasteiger partial charge in [-0.2, -0.15) is 0 Å². The highest BCUT2D eigenvalue weighted by molar-refractivity contribution is 7.13. The first-order chi connectivity index (χ1) is 7.69. The fourth-order valence-electron chi connectivity index (χ4n) is 1.21. The molecule has 0 atom stereocenters. The van der Waals surface area contributed by atoms with Gasteiger partial charge in [-0.1, -0.05) is 22.5 Å². The van der Waals surface area contributed by atoms with Gasteiger partial charge in [0.2, 0.25) is 0 Å². The van der Waals surface area contributed by atoms with Crippen molar-refractivity contribution in [1.82, 2.24) is 10.2 Å². The van der Waals surface area contributed by atoms with Crippen molar-refractivity contribution in [3.05, 3.63) is 34.3 Å². The third-order valence-electron chi connectivity index (χ3n) is 2.25. The summed E-state index contributed by atoms with van der Waals surface area (Å²) in [7, 11) is 0. The van der Waals surface area contributed by atoms with E-state index in [1.54, 1.807) is 0 Å². The topological polar surface area (TPSA) is 35.0 Å². The van der Waals surface area contributed by atoms with E-state index in [-0.39, 0.29) is 0 Å². The SMILES string of the molecule is Cc1ccc(Oc2nnc(CCl)s2)cc1C. The molecule has 16 heavy (non-hydrogen) atoms. The molecule has 0 aliphatic heterocycles. The van der Waals surface area contributed by atoms with Gasteiger partial charge >= 0.3 is 0 Å². The minimum Gasteiger partial charge on any atom is -0.430 e. The van der Waals surface area contributed by atoms with E-state index < -0.39 is 0 Å². The van der Waals surface area contributed by atoms with Crippen molar-refractivity contribution in [3.8, 4) is 10.9 Å². The fraction of sp³-hybridized carbons (Fsp3) is 0.273. The quantitative estimate of drug-likeness (QED) is 0.784. The van der Waals surface area contributed by atoms with E-state index >= 15 is 0 Å². The van der Waals surface area contributed by atoms with Crippen LogP contribution < -0.4 is 4.74 Å². The lowest BCUT2D eigenvalue weighted by Crippen LogP contribution is -1.86. The zero-order valence-electron chi connectivity index (χ0n) is 9.03.